The standard InChI is InChI=1S/C19H21N3O3/c1-4-24-19(23)15-13(3)25-18-16(15)17(21-11-22-18)20-10-9-14-7-5-12(2)6-8-14/h5-8,11H,4,9-10H2,1-3H3,(H,20,21,22). The Balaban J connectivity index is 1.83. The van der Waals surface area contributed by atoms with Gasteiger partial charge in [0.2, 0.25) is 5.71 Å². The fourth-order valence-electron chi connectivity index (χ4n) is 2.71. The predicted molar refractivity (Wildman–Crippen MR) is 95.9 cm³/mol. The number of ether oxygens (including phenoxy) is 1. The molecule has 1 N–H and O–H groups in total. The van der Waals surface area contributed by atoms with E-state index in [1.165, 1.54) is 17.5 Å². The second-order valence-corrected chi connectivity index (χ2v) is 5.82. The van der Waals surface area contributed by atoms with Crippen LogP contribution in [0.2, 0.25) is 0 Å². The van der Waals surface area contributed by atoms with Gasteiger partial charge < -0.3 is 14.5 Å². The van der Waals surface area contributed by atoms with Crippen molar-refractivity contribution < 1.29 is 13.9 Å². The molecule has 0 aliphatic rings. The fraction of sp³-hybridized carbons (Fsp3) is 0.316. The van der Waals surface area contributed by atoms with Crippen LogP contribution in [0.1, 0.15) is 34.2 Å². The third kappa shape index (κ3) is 3.63. The van der Waals surface area contributed by atoms with E-state index in [0.29, 0.717) is 41.4 Å². The fourth-order valence-corrected chi connectivity index (χ4v) is 2.71. The van der Waals surface area contributed by atoms with E-state index in [0.717, 1.165) is 6.42 Å². The van der Waals surface area contributed by atoms with Gasteiger partial charge in [0.15, 0.2) is 0 Å². The van der Waals surface area contributed by atoms with E-state index in [2.05, 4.69) is 46.5 Å². The van der Waals surface area contributed by atoms with Crippen molar-refractivity contribution in [3.05, 3.63) is 53.0 Å². The van der Waals surface area contributed by atoms with Crippen molar-refractivity contribution in [2.45, 2.75) is 27.2 Å². The zero-order valence-electron chi connectivity index (χ0n) is 14.6. The summed E-state index contributed by atoms with van der Waals surface area (Å²) in [5.74, 6) is 0.641. The van der Waals surface area contributed by atoms with Crippen LogP contribution in [0.5, 0.6) is 0 Å². The molecule has 130 valence electrons. The molecule has 6 nitrogen and oxygen atoms in total. The number of aryl methyl sites for hydroxylation is 2. The van der Waals surface area contributed by atoms with Gasteiger partial charge in [-0.3, -0.25) is 0 Å². The van der Waals surface area contributed by atoms with Crippen LogP contribution in [0.4, 0.5) is 5.82 Å². The Kier molecular flexibility index (Phi) is 4.97. The van der Waals surface area contributed by atoms with Crippen molar-refractivity contribution in [2.24, 2.45) is 0 Å². The Morgan fingerprint density at radius 1 is 1.20 bits per heavy atom. The van der Waals surface area contributed by atoms with Crippen LogP contribution in [0.25, 0.3) is 11.1 Å². The molecule has 3 aromatic rings. The number of anilines is 1. The monoisotopic (exact) mass is 339 g/mol. The molecule has 0 saturated carbocycles. The molecule has 0 bridgehead atoms. The molecule has 0 atom stereocenters. The highest BCUT2D eigenvalue weighted by Crippen LogP contribution is 2.29. The van der Waals surface area contributed by atoms with E-state index in [1.54, 1.807) is 13.8 Å². The van der Waals surface area contributed by atoms with Gasteiger partial charge in [-0.05, 0) is 32.8 Å². The molecule has 0 amide bonds. The highest BCUT2D eigenvalue weighted by Gasteiger charge is 2.23. The van der Waals surface area contributed by atoms with Crippen LogP contribution in [0.3, 0.4) is 0 Å². The summed E-state index contributed by atoms with van der Waals surface area (Å²) in [6.07, 6.45) is 2.27. The number of furan rings is 1. The van der Waals surface area contributed by atoms with Crippen LogP contribution in [0, 0.1) is 13.8 Å². The molecule has 2 heterocycles. The minimum Gasteiger partial charge on any atom is -0.462 e. The van der Waals surface area contributed by atoms with Crippen molar-refractivity contribution in [1.82, 2.24) is 9.97 Å². The normalized spacial score (nSPS) is 10.8. The smallest absolute Gasteiger partial charge is 0.342 e. The number of carbonyl (C=O) groups is 1. The summed E-state index contributed by atoms with van der Waals surface area (Å²) < 4.78 is 10.7. The molecule has 2 aromatic heterocycles. The Morgan fingerprint density at radius 3 is 2.68 bits per heavy atom. The van der Waals surface area contributed by atoms with E-state index < -0.39 is 5.97 Å². The number of carbonyl (C=O) groups excluding carboxylic acids is 1. The first-order valence-corrected chi connectivity index (χ1v) is 8.30. The van der Waals surface area contributed by atoms with Crippen LogP contribution < -0.4 is 5.32 Å². The molecule has 0 aliphatic heterocycles. The number of nitrogens with one attached hydrogen (secondary N) is 1. The average Bonchev–Trinajstić information content (AvgIpc) is 2.93. The Hall–Kier alpha value is -2.89. The lowest BCUT2D eigenvalue weighted by Gasteiger charge is -2.08. The van der Waals surface area contributed by atoms with Gasteiger partial charge >= 0.3 is 5.97 Å². The lowest BCUT2D eigenvalue weighted by Crippen LogP contribution is -2.10. The summed E-state index contributed by atoms with van der Waals surface area (Å²) in [6.45, 7) is 6.55. The van der Waals surface area contributed by atoms with E-state index in [-0.39, 0.29) is 0 Å². The summed E-state index contributed by atoms with van der Waals surface area (Å²) >= 11 is 0. The number of benzene rings is 1. The Labute approximate surface area is 146 Å². The number of fused-ring (bicyclic) bond motifs is 1. The Bertz CT molecular complexity index is 885. The van der Waals surface area contributed by atoms with Crippen LogP contribution in [-0.4, -0.2) is 29.1 Å². The molecular weight excluding hydrogens is 318 g/mol. The predicted octanol–water partition coefficient (Wildman–Crippen LogP) is 3.67. The highest BCUT2D eigenvalue weighted by molar-refractivity contribution is 6.07. The zero-order chi connectivity index (χ0) is 17.8. The number of esters is 1. The maximum absolute atomic E-state index is 12.3. The van der Waals surface area contributed by atoms with Gasteiger partial charge in [-0.25, -0.2) is 14.8 Å². The first kappa shape index (κ1) is 17.0. The molecular formula is C19H21N3O3. The SMILES string of the molecule is CCOC(=O)c1c(C)oc2ncnc(NCCc3ccc(C)cc3)c12. The molecule has 0 radical (unpaired) electrons. The first-order valence-electron chi connectivity index (χ1n) is 8.30. The second kappa shape index (κ2) is 7.34. The zero-order valence-corrected chi connectivity index (χ0v) is 14.6. The molecule has 0 spiro atoms. The molecule has 0 unspecified atom stereocenters. The highest BCUT2D eigenvalue weighted by atomic mass is 16.5. The molecule has 0 fully saturated rings. The van der Waals surface area contributed by atoms with Crippen LogP contribution >= 0.6 is 0 Å². The van der Waals surface area contributed by atoms with Gasteiger partial charge in [0.1, 0.15) is 23.5 Å². The van der Waals surface area contributed by atoms with Gasteiger partial charge in [-0.15, -0.1) is 0 Å². The number of aromatic nitrogens is 2. The number of hydrogen-bond acceptors (Lipinski definition) is 6. The third-order valence-corrected chi connectivity index (χ3v) is 3.97. The van der Waals surface area contributed by atoms with Crippen molar-refractivity contribution >= 4 is 22.9 Å². The molecule has 1 aromatic carbocycles. The van der Waals surface area contributed by atoms with Crippen LogP contribution in [-0.2, 0) is 11.2 Å². The Morgan fingerprint density at radius 2 is 1.96 bits per heavy atom. The van der Waals surface area contributed by atoms with Gasteiger partial charge in [-0.2, -0.15) is 0 Å². The lowest BCUT2D eigenvalue weighted by atomic mass is 10.1. The van der Waals surface area contributed by atoms with Crippen LogP contribution in [0.15, 0.2) is 35.0 Å². The van der Waals surface area contributed by atoms with Gasteiger partial charge in [0.25, 0.3) is 0 Å². The first-order chi connectivity index (χ1) is 12.1. The molecule has 0 aliphatic carbocycles. The summed E-state index contributed by atoms with van der Waals surface area (Å²) in [5.41, 5.74) is 3.24. The molecule has 3 rings (SSSR count). The second-order valence-electron chi connectivity index (χ2n) is 5.82. The van der Waals surface area contributed by atoms with E-state index in [9.17, 15) is 4.79 Å². The summed E-state index contributed by atoms with van der Waals surface area (Å²) in [4.78, 5) is 20.6. The van der Waals surface area contributed by atoms with Gasteiger partial charge in [0.05, 0.1) is 12.0 Å². The number of rotatable bonds is 6. The lowest BCUT2D eigenvalue weighted by molar-refractivity contribution is 0.0526. The summed E-state index contributed by atoms with van der Waals surface area (Å²) in [6, 6.07) is 8.41. The summed E-state index contributed by atoms with van der Waals surface area (Å²) in [5, 5.41) is 3.85. The minimum atomic E-state index is -0.421. The maximum Gasteiger partial charge on any atom is 0.342 e. The van der Waals surface area contributed by atoms with Crippen molar-refractivity contribution in [1.29, 1.82) is 0 Å². The molecule has 6 heteroatoms. The number of hydrogen-bond donors (Lipinski definition) is 1. The average molecular weight is 339 g/mol. The topological polar surface area (TPSA) is 77.2 Å². The van der Waals surface area contributed by atoms with Crippen molar-refractivity contribution in [2.75, 3.05) is 18.5 Å². The van der Waals surface area contributed by atoms with E-state index >= 15 is 0 Å². The van der Waals surface area contributed by atoms with E-state index in [4.69, 9.17) is 9.15 Å². The number of nitrogens with zero attached hydrogens (tertiary/aromatic N) is 2. The minimum absolute atomic E-state index is 0.300. The largest absolute Gasteiger partial charge is 0.462 e. The molecule has 25 heavy (non-hydrogen) atoms. The summed E-state index contributed by atoms with van der Waals surface area (Å²) in [7, 11) is 0. The third-order valence-electron chi connectivity index (χ3n) is 3.97. The van der Waals surface area contributed by atoms with Crippen molar-refractivity contribution in [3.63, 3.8) is 0 Å². The molecule has 0 saturated heterocycles. The van der Waals surface area contributed by atoms with Gasteiger partial charge in [-0.1, -0.05) is 29.8 Å². The van der Waals surface area contributed by atoms with Crippen molar-refractivity contribution in [3.8, 4) is 0 Å². The maximum atomic E-state index is 12.3. The van der Waals surface area contributed by atoms with Gasteiger partial charge in [0, 0.05) is 6.54 Å². The van der Waals surface area contributed by atoms with E-state index in [1.807, 2.05) is 0 Å². The quantitative estimate of drug-likeness (QED) is 0.691.